The number of nitrogens with two attached hydrogens (primary N) is 1. The lowest BCUT2D eigenvalue weighted by molar-refractivity contribution is -0.136. The molecular formula is C6H13NO2Si. The first kappa shape index (κ1) is 9.39. The minimum Gasteiger partial charge on any atom is -0.465 e. The zero-order valence-electron chi connectivity index (χ0n) is 6.39. The Balaban J connectivity index is 3.55. The van der Waals surface area contributed by atoms with Crippen LogP contribution in [0.15, 0.2) is 12.7 Å². The minimum absolute atomic E-state index is 0.359. The van der Waals surface area contributed by atoms with Crippen molar-refractivity contribution in [3.05, 3.63) is 12.7 Å². The Hall–Kier alpha value is -0.613. The van der Waals surface area contributed by atoms with Gasteiger partial charge < -0.3 is 10.1 Å². The normalized spacial score (nSPS) is 10.7. The molecule has 0 amide bonds. The minimum atomic E-state index is -1.73. The Morgan fingerprint density at radius 2 is 2.30 bits per heavy atom. The molecule has 0 aliphatic carbocycles. The molecule has 3 nitrogen and oxygen atoms in total. The highest BCUT2D eigenvalue weighted by molar-refractivity contribution is 6.74. The highest BCUT2D eigenvalue weighted by Crippen LogP contribution is 1.92. The van der Waals surface area contributed by atoms with E-state index in [1.807, 2.05) is 13.1 Å². The van der Waals surface area contributed by atoms with E-state index in [0.717, 1.165) is 6.08 Å². The van der Waals surface area contributed by atoms with E-state index < -0.39 is 14.2 Å². The van der Waals surface area contributed by atoms with Gasteiger partial charge in [-0.2, -0.15) is 0 Å². The second kappa shape index (κ2) is 3.53. The highest BCUT2D eigenvalue weighted by Gasteiger charge is 2.15. The quantitative estimate of drug-likeness (QED) is 0.369. The first-order valence-corrected chi connectivity index (χ1v) is 6.32. The van der Waals surface area contributed by atoms with Crippen molar-refractivity contribution in [2.24, 2.45) is 5.40 Å². The molecule has 0 radical (unpaired) electrons. The Morgan fingerprint density at radius 3 is 2.60 bits per heavy atom. The van der Waals surface area contributed by atoms with Gasteiger partial charge in [-0.15, -0.1) is 0 Å². The maximum absolute atomic E-state index is 10.5. The van der Waals surface area contributed by atoms with Crippen LogP contribution in [0, 0.1) is 0 Å². The van der Waals surface area contributed by atoms with Gasteiger partial charge in [0, 0.05) is 6.08 Å². The van der Waals surface area contributed by atoms with Crippen LogP contribution in [0.4, 0.5) is 0 Å². The van der Waals surface area contributed by atoms with Crippen LogP contribution in [0.3, 0.4) is 0 Å². The van der Waals surface area contributed by atoms with Gasteiger partial charge in [0.25, 0.3) is 0 Å². The van der Waals surface area contributed by atoms with Gasteiger partial charge in [-0.25, -0.2) is 4.79 Å². The molecule has 0 saturated carbocycles. The Labute approximate surface area is 62.0 Å². The molecule has 0 aromatic heterocycles. The van der Waals surface area contributed by atoms with Gasteiger partial charge in [0.1, 0.15) is 0 Å². The molecule has 0 atom stereocenters. The van der Waals surface area contributed by atoms with E-state index in [1.165, 1.54) is 0 Å². The maximum Gasteiger partial charge on any atom is 0.329 e. The first-order chi connectivity index (χ1) is 4.45. The second-order valence-electron chi connectivity index (χ2n) is 2.80. The van der Waals surface area contributed by atoms with E-state index in [2.05, 4.69) is 6.58 Å². The third-order valence-electron chi connectivity index (χ3n) is 0.753. The van der Waals surface area contributed by atoms with Crippen LogP contribution >= 0.6 is 0 Å². The van der Waals surface area contributed by atoms with Crippen LogP contribution < -0.4 is 5.40 Å². The van der Waals surface area contributed by atoms with Gasteiger partial charge in [0.15, 0.2) is 8.24 Å². The summed E-state index contributed by atoms with van der Waals surface area (Å²) in [7, 11) is -1.73. The lowest BCUT2D eigenvalue weighted by Crippen LogP contribution is -2.44. The fourth-order valence-electron chi connectivity index (χ4n) is 0.316. The fraction of sp³-hybridized carbons (Fsp3) is 0.500. The molecule has 0 heterocycles. The lowest BCUT2D eigenvalue weighted by atomic mass is 10.7. The summed E-state index contributed by atoms with van der Waals surface area (Å²) in [4.78, 5) is 10.5. The summed E-state index contributed by atoms with van der Waals surface area (Å²) in [6.07, 6.45) is 1.50. The number of carbonyl (C=O) groups is 1. The molecule has 0 saturated heterocycles. The van der Waals surface area contributed by atoms with Crippen molar-refractivity contribution >= 4 is 14.2 Å². The first-order valence-electron chi connectivity index (χ1n) is 3.04. The van der Waals surface area contributed by atoms with E-state index in [0.29, 0.717) is 6.23 Å². The van der Waals surface area contributed by atoms with Crippen LogP contribution in [0.2, 0.25) is 13.1 Å². The molecule has 0 unspecified atom stereocenters. The monoisotopic (exact) mass is 159 g/mol. The Kier molecular flexibility index (Phi) is 3.31. The number of hydrogen-bond donors (Lipinski definition) is 1. The second-order valence-corrected chi connectivity index (χ2v) is 7.07. The number of rotatable bonds is 3. The van der Waals surface area contributed by atoms with E-state index in [-0.39, 0.29) is 0 Å². The standard InChI is InChI=1S/C6H13NO2Si/c1-4-6(8)9-5-10(2,3)7/h4H,1,5,7H2,2-3H3. The van der Waals surface area contributed by atoms with Gasteiger partial charge in [0.05, 0.1) is 6.23 Å². The zero-order chi connectivity index (χ0) is 8.20. The number of ether oxygens (including phenoxy) is 1. The molecule has 0 spiro atoms. The molecular weight excluding hydrogens is 146 g/mol. The van der Waals surface area contributed by atoms with Crippen molar-refractivity contribution in [2.75, 3.05) is 6.23 Å². The van der Waals surface area contributed by atoms with Crippen molar-refractivity contribution in [3.8, 4) is 0 Å². The van der Waals surface area contributed by atoms with Crippen molar-refractivity contribution in [2.45, 2.75) is 13.1 Å². The van der Waals surface area contributed by atoms with Crippen molar-refractivity contribution in [3.63, 3.8) is 0 Å². The highest BCUT2D eigenvalue weighted by atomic mass is 28.3. The van der Waals surface area contributed by atoms with Crippen LogP contribution in [0.25, 0.3) is 0 Å². The number of esters is 1. The molecule has 0 aromatic rings. The van der Waals surface area contributed by atoms with Gasteiger partial charge in [-0.3, -0.25) is 0 Å². The molecule has 0 bridgehead atoms. The number of carbonyl (C=O) groups excluding carboxylic acids is 1. The molecule has 10 heavy (non-hydrogen) atoms. The molecule has 0 rings (SSSR count). The van der Waals surface area contributed by atoms with Gasteiger partial charge in [-0.1, -0.05) is 19.7 Å². The molecule has 2 N–H and O–H groups in total. The maximum atomic E-state index is 10.5. The summed E-state index contributed by atoms with van der Waals surface area (Å²) in [5.74, 6) is -0.397. The average molecular weight is 159 g/mol. The zero-order valence-corrected chi connectivity index (χ0v) is 7.39. The Bertz CT molecular complexity index is 139. The molecule has 4 heteroatoms. The summed E-state index contributed by atoms with van der Waals surface area (Å²) < 4.78 is 4.74. The summed E-state index contributed by atoms with van der Waals surface area (Å²) in [6.45, 7) is 7.10. The summed E-state index contributed by atoms with van der Waals surface area (Å²) in [5, 5.41) is 5.67. The summed E-state index contributed by atoms with van der Waals surface area (Å²) in [6, 6.07) is 0. The molecule has 0 aliphatic rings. The van der Waals surface area contributed by atoms with E-state index in [1.54, 1.807) is 0 Å². The third kappa shape index (κ3) is 5.52. The van der Waals surface area contributed by atoms with Crippen LogP contribution in [0.5, 0.6) is 0 Å². The molecule has 0 fully saturated rings. The third-order valence-corrected chi connectivity index (χ3v) is 1.64. The van der Waals surface area contributed by atoms with Gasteiger partial charge >= 0.3 is 5.97 Å². The van der Waals surface area contributed by atoms with E-state index >= 15 is 0 Å². The average Bonchev–Trinajstić information content (AvgIpc) is 1.81. The van der Waals surface area contributed by atoms with Gasteiger partial charge in [-0.05, 0) is 0 Å². The van der Waals surface area contributed by atoms with E-state index in [4.69, 9.17) is 10.1 Å². The Morgan fingerprint density at radius 1 is 1.80 bits per heavy atom. The molecule has 0 aliphatic heterocycles. The molecule has 0 aromatic carbocycles. The summed E-state index contributed by atoms with van der Waals surface area (Å²) in [5.41, 5.74) is 0. The lowest BCUT2D eigenvalue weighted by Gasteiger charge is -2.13. The van der Waals surface area contributed by atoms with Crippen LogP contribution in [0.1, 0.15) is 0 Å². The smallest absolute Gasteiger partial charge is 0.329 e. The summed E-state index contributed by atoms with van der Waals surface area (Å²) >= 11 is 0. The SMILES string of the molecule is C=CC(=O)OC[Si](C)(C)N. The number of hydrogen-bond acceptors (Lipinski definition) is 3. The van der Waals surface area contributed by atoms with Gasteiger partial charge in [0.2, 0.25) is 0 Å². The predicted octanol–water partition coefficient (Wildman–Crippen LogP) is 0.419. The van der Waals surface area contributed by atoms with Crippen LogP contribution in [-0.4, -0.2) is 20.4 Å². The van der Waals surface area contributed by atoms with Crippen molar-refractivity contribution in [1.82, 2.24) is 0 Å². The van der Waals surface area contributed by atoms with Crippen molar-refractivity contribution in [1.29, 1.82) is 0 Å². The largest absolute Gasteiger partial charge is 0.465 e. The van der Waals surface area contributed by atoms with E-state index in [9.17, 15) is 4.79 Å². The predicted molar refractivity (Wildman–Crippen MR) is 42.8 cm³/mol. The topological polar surface area (TPSA) is 52.3 Å². The van der Waals surface area contributed by atoms with Crippen molar-refractivity contribution < 1.29 is 9.53 Å². The van der Waals surface area contributed by atoms with Crippen LogP contribution in [-0.2, 0) is 9.53 Å². The fourth-order valence-corrected chi connectivity index (χ4v) is 0.830. The molecule has 58 valence electrons.